The predicted octanol–water partition coefficient (Wildman–Crippen LogP) is 2.01. The minimum absolute atomic E-state index is 0.0262. The maximum Gasteiger partial charge on any atom is 0.276 e. The Morgan fingerprint density at radius 1 is 1.40 bits per heavy atom. The molecule has 1 saturated heterocycles. The van der Waals surface area contributed by atoms with Gasteiger partial charge in [-0.25, -0.2) is 9.97 Å². The Kier molecular flexibility index (Phi) is 5.53. The van der Waals surface area contributed by atoms with Crippen LogP contribution in [0.4, 0.5) is 0 Å². The zero-order valence-electron chi connectivity index (χ0n) is 15.3. The Balaban J connectivity index is 1.71. The van der Waals surface area contributed by atoms with Gasteiger partial charge in [-0.3, -0.25) is 4.79 Å². The fourth-order valence-corrected chi connectivity index (χ4v) is 3.40. The highest BCUT2D eigenvalue weighted by atomic mass is 16.3. The van der Waals surface area contributed by atoms with Gasteiger partial charge in [0.1, 0.15) is 11.6 Å². The van der Waals surface area contributed by atoms with Crippen molar-refractivity contribution in [3.8, 4) is 0 Å². The summed E-state index contributed by atoms with van der Waals surface area (Å²) in [6.07, 6.45) is 7.97. The summed E-state index contributed by atoms with van der Waals surface area (Å²) in [5.74, 6) is 1.99. The highest BCUT2D eigenvalue weighted by Gasteiger charge is 2.30. The molecule has 0 saturated carbocycles. The first kappa shape index (κ1) is 17.7. The van der Waals surface area contributed by atoms with Crippen LogP contribution < -0.4 is 0 Å². The van der Waals surface area contributed by atoms with Gasteiger partial charge < -0.3 is 18.8 Å². The summed E-state index contributed by atoms with van der Waals surface area (Å²) >= 11 is 0. The largest absolute Gasteiger partial charge is 0.448 e. The zero-order valence-corrected chi connectivity index (χ0v) is 15.3. The van der Waals surface area contributed by atoms with Gasteiger partial charge in [-0.15, -0.1) is 0 Å². The SMILES string of the molecule is CCc1ocnc1C(=O)N1CCCC(c2nccn2CCN(C)C)C1. The van der Waals surface area contributed by atoms with Crippen LogP contribution >= 0.6 is 0 Å². The average molecular weight is 345 g/mol. The molecule has 1 aliphatic rings. The monoisotopic (exact) mass is 345 g/mol. The summed E-state index contributed by atoms with van der Waals surface area (Å²) in [7, 11) is 4.14. The van der Waals surface area contributed by atoms with E-state index in [2.05, 4.69) is 33.5 Å². The lowest BCUT2D eigenvalue weighted by Crippen LogP contribution is -2.40. The van der Waals surface area contributed by atoms with Crippen LogP contribution in [0.2, 0.25) is 0 Å². The van der Waals surface area contributed by atoms with Gasteiger partial charge >= 0.3 is 0 Å². The highest BCUT2D eigenvalue weighted by Crippen LogP contribution is 2.27. The van der Waals surface area contributed by atoms with Crippen molar-refractivity contribution in [2.24, 2.45) is 0 Å². The molecule has 2 aromatic rings. The van der Waals surface area contributed by atoms with Crippen molar-refractivity contribution >= 4 is 5.91 Å². The minimum Gasteiger partial charge on any atom is -0.448 e. The molecule has 7 heteroatoms. The number of oxazole rings is 1. The molecule has 3 heterocycles. The molecule has 1 atom stereocenters. The van der Waals surface area contributed by atoms with Crippen molar-refractivity contribution in [3.05, 3.63) is 36.1 Å². The number of aromatic nitrogens is 3. The van der Waals surface area contributed by atoms with Crippen molar-refractivity contribution < 1.29 is 9.21 Å². The van der Waals surface area contributed by atoms with E-state index >= 15 is 0 Å². The highest BCUT2D eigenvalue weighted by molar-refractivity contribution is 5.93. The van der Waals surface area contributed by atoms with Gasteiger partial charge in [-0.1, -0.05) is 6.92 Å². The topological polar surface area (TPSA) is 67.4 Å². The number of hydrogen-bond acceptors (Lipinski definition) is 5. The average Bonchev–Trinajstić information content (AvgIpc) is 3.28. The number of carbonyl (C=O) groups excluding carboxylic acids is 1. The molecule has 2 aromatic heterocycles. The molecule has 1 fully saturated rings. The quantitative estimate of drug-likeness (QED) is 0.801. The van der Waals surface area contributed by atoms with E-state index in [9.17, 15) is 4.79 Å². The van der Waals surface area contributed by atoms with E-state index in [4.69, 9.17) is 4.42 Å². The van der Waals surface area contributed by atoms with Crippen LogP contribution in [-0.2, 0) is 13.0 Å². The summed E-state index contributed by atoms with van der Waals surface area (Å²) < 4.78 is 7.53. The maximum atomic E-state index is 12.8. The van der Waals surface area contributed by atoms with E-state index in [1.165, 1.54) is 6.39 Å². The third kappa shape index (κ3) is 3.92. The van der Waals surface area contributed by atoms with E-state index in [0.29, 0.717) is 24.4 Å². The van der Waals surface area contributed by atoms with Crippen LogP contribution in [0.1, 0.15) is 47.8 Å². The minimum atomic E-state index is -0.0262. The summed E-state index contributed by atoms with van der Waals surface area (Å²) in [6.45, 7) is 5.31. The summed E-state index contributed by atoms with van der Waals surface area (Å²) in [5, 5.41) is 0. The number of amides is 1. The van der Waals surface area contributed by atoms with Gasteiger partial charge in [0.25, 0.3) is 5.91 Å². The lowest BCUT2D eigenvalue weighted by atomic mass is 9.96. The Bertz CT molecular complexity index is 706. The Labute approximate surface area is 148 Å². The molecular formula is C18H27N5O2. The molecule has 136 valence electrons. The first-order valence-electron chi connectivity index (χ1n) is 8.97. The van der Waals surface area contributed by atoms with E-state index in [-0.39, 0.29) is 11.8 Å². The fraction of sp³-hybridized carbons (Fsp3) is 0.611. The number of nitrogens with zero attached hydrogens (tertiary/aromatic N) is 5. The first-order chi connectivity index (χ1) is 12.1. The predicted molar refractivity (Wildman–Crippen MR) is 94.5 cm³/mol. The number of hydrogen-bond donors (Lipinski definition) is 0. The summed E-state index contributed by atoms with van der Waals surface area (Å²) in [6, 6.07) is 0. The standard InChI is InChI=1S/C18H27N5O2/c1-4-15-16(20-13-25-15)18(24)23-8-5-6-14(12-23)17-19-7-9-22(17)11-10-21(2)3/h7,9,13-14H,4-6,8,10-12H2,1-3H3. The number of aryl methyl sites for hydroxylation is 1. The second-order valence-corrected chi connectivity index (χ2v) is 6.85. The number of likely N-dealkylation sites (tertiary alicyclic amines) is 1. The molecule has 25 heavy (non-hydrogen) atoms. The van der Waals surface area contributed by atoms with Crippen molar-refractivity contribution in [1.82, 2.24) is 24.3 Å². The van der Waals surface area contributed by atoms with Crippen LogP contribution in [0.25, 0.3) is 0 Å². The summed E-state index contributed by atoms with van der Waals surface area (Å²) in [4.78, 5) is 25.6. The molecule has 7 nitrogen and oxygen atoms in total. The molecule has 1 amide bonds. The van der Waals surface area contributed by atoms with Gasteiger partial charge in [0.15, 0.2) is 12.1 Å². The van der Waals surface area contributed by atoms with Crippen molar-refractivity contribution in [2.45, 2.75) is 38.6 Å². The lowest BCUT2D eigenvalue weighted by Gasteiger charge is -2.32. The number of imidazole rings is 1. The second kappa shape index (κ2) is 7.82. The van der Waals surface area contributed by atoms with E-state index in [1.54, 1.807) is 0 Å². The van der Waals surface area contributed by atoms with E-state index in [0.717, 1.165) is 38.3 Å². The molecule has 1 aliphatic heterocycles. The van der Waals surface area contributed by atoms with Crippen LogP contribution in [0.3, 0.4) is 0 Å². The van der Waals surface area contributed by atoms with Gasteiger partial charge in [0.2, 0.25) is 0 Å². The molecule has 0 aromatic carbocycles. The first-order valence-corrected chi connectivity index (χ1v) is 8.97. The van der Waals surface area contributed by atoms with Crippen molar-refractivity contribution in [3.63, 3.8) is 0 Å². The summed E-state index contributed by atoms with van der Waals surface area (Å²) in [5.41, 5.74) is 0.457. The van der Waals surface area contributed by atoms with Crippen LogP contribution in [0, 0.1) is 0 Å². The maximum absolute atomic E-state index is 12.8. The Hall–Kier alpha value is -2.15. The molecule has 3 rings (SSSR count). The van der Waals surface area contributed by atoms with Crippen LogP contribution in [-0.4, -0.2) is 64.0 Å². The second-order valence-electron chi connectivity index (χ2n) is 6.85. The Morgan fingerprint density at radius 2 is 2.24 bits per heavy atom. The molecular weight excluding hydrogens is 318 g/mol. The molecule has 0 N–H and O–H groups in total. The van der Waals surface area contributed by atoms with Crippen molar-refractivity contribution in [1.29, 1.82) is 0 Å². The van der Waals surface area contributed by atoms with Gasteiger partial charge in [-0.05, 0) is 26.9 Å². The Morgan fingerprint density at radius 3 is 3.00 bits per heavy atom. The van der Waals surface area contributed by atoms with Crippen LogP contribution in [0.15, 0.2) is 23.2 Å². The third-order valence-electron chi connectivity index (χ3n) is 4.77. The van der Waals surface area contributed by atoms with Crippen LogP contribution in [0.5, 0.6) is 0 Å². The fourth-order valence-electron chi connectivity index (χ4n) is 3.40. The lowest BCUT2D eigenvalue weighted by molar-refractivity contribution is 0.0695. The number of piperidine rings is 1. The smallest absolute Gasteiger partial charge is 0.276 e. The molecule has 0 spiro atoms. The molecule has 1 unspecified atom stereocenters. The van der Waals surface area contributed by atoms with Gasteiger partial charge in [-0.2, -0.15) is 0 Å². The van der Waals surface area contributed by atoms with Crippen molar-refractivity contribution in [2.75, 3.05) is 33.7 Å². The van der Waals surface area contributed by atoms with Gasteiger partial charge in [0, 0.05) is 50.9 Å². The zero-order chi connectivity index (χ0) is 17.8. The normalized spacial score (nSPS) is 18.1. The molecule has 0 bridgehead atoms. The number of likely N-dealkylation sites (N-methyl/N-ethyl adjacent to an activating group) is 1. The third-order valence-corrected chi connectivity index (χ3v) is 4.77. The van der Waals surface area contributed by atoms with E-state index in [1.807, 2.05) is 24.2 Å². The number of carbonyl (C=O) groups is 1. The molecule has 0 aliphatic carbocycles. The number of rotatable bonds is 6. The molecule has 0 radical (unpaired) electrons. The van der Waals surface area contributed by atoms with E-state index < -0.39 is 0 Å². The van der Waals surface area contributed by atoms with Gasteiger partial charge in [0.05, 0.1) is 0 Å².